The molecule has 4 atom stereocenters. The van der Waals surface area contributed by atoms with E-state index in [-0.39, 0.29) is 36.7 Å². The van der Waals surface area contributed by atoms with E-state index >= 15 is 0 Å². The number of phenolic OH excluding ortho intramolecular Hbond substituents is 2. The van der Waals surface area contributed by atoms with Crippen molar-refractivity contribution < 1.29 is 34.5 Å². The molecule has 3 aromatic carbocycles. The van der Waals surface area contributed by atoms with Crippen LogP contribution in [-0.2, 0) is 38.4 Å². The first-order valence-corrected chi connectivity index (χ1v) is 15.1. The molecule has 240 valence electrons. The van der Waals surface area contributed by atoms with Crippen LogP contribution in [0.5, 0.6) is 11.5 Å². The lowest BCUT2D eigenvalue weighted by atomic mass is 10.0. The second kappa shape index (κ2) is 14.6. The predicted octanol–water partition coefficient (Wildman–Crippen LogP) is 1.90. The van der Waals surface area contributed by atoms with Gasteiger partial charge in [-0.2, -0.15) is 0 Å². The first-order valence-electron chi connectivity index (χ1n) is 15.1. The van der Waals surface area contributed by atoms with E-state index in [0.29, 0.717) is 29.7 Å². The van der Waals surface area contributed by atoms with Crippen LogP contribution in [0.3, 0.4) is 0 Å². The lowest BCUT2D eigenvalue weighted by Crippen LogP contribution is -2.58. The number of hydrogen-bond acceptors (Lipinski definition) is 7. The summed E-state index contributed by atoms with van der Waals surface area (Å²) in [6.07, 6.45) is 3.22. The molecule has 8 N–H and O–H groups in total. The fourth-order valence-electron chi connectivity index (χ4n) is 5.60. The number of hydrogen-bond donors (Lipinski definition) is 8. The number of aromatic nitrogens is 1. The van der Waals surface area contributed by atoms with Gasteiger partial charge in [0.25, 0.3) is 0 Å². The van der Waals surface area contributed by atoms with Gasteiger partial charge in [0.15, 0.2) is 0 Å². The molecule has 0 saturated carbocycles. The Hall–Kier alpha value is -5.36. The molecule has 12 heteroatoms. The number of para-hydroxylation sites is 1. The quantitative estimate of drug-likeness (QED) is 0.110. The van der Waals surface area contributed by atoms with Gasteiger partial charge in [0.05, 0.1) is 6.04 Å². The third-order valence-electron chi connectivity index (χ3n) is 8.11. The standard InChI is InChI=1S/C34H37N5O7/c40-23-11-7-20(8-12-23)16-28(37-31(42)27-6-3-15-35-27)32(43)38-29(17-21-9-13-24(41)14-10-21)33(44)39-30(34(45)46)18-22-19-36-26-5-2-1-4-25(22)26/h1-2,4-5,7-14,19,27-30,35-36,40-41H,3,6,15-18H2,(H,37,42)(H,38,43)(H,39,44)(H,45,46). The topological polar surface area (TPSA) is 193 Å². The third-order valence-corrected chi connectivity index (χ3v) is 8.11. The van der Waals surface area contributed by atoms with Crippen LogP contribution in [0.2, 0.25) is 0 Å². The number of aromatic hydroxyl groups is 2. The Morgan fingerprint density at radius 1 is 0.739 bits per heavy atom. The zero-order chi connectivity index (χ0) is 32.6. The molecule has 0 bridgehead atoms. The Balaban J connectivity index is 1.37. The molecule has 12 nitrogen and oxygen atoms in total. The smallest absolute Gasteiger partial charge is 0.326 e. The van der Waals surface area contributed by atoms with Crippen LogP contribution in [-0.4, -0.2) is 74.7 Å². The van der Waals surface area contributed by atoms with Gasteiger partial charge in [0, 0.05) is 36.4 Å². The van der Waals surface area contributed by atoms with E-state index in [1.165, 1.54) is 24.3 Å². The second-order valence-corrected chi connectivity index (χ2v) is 11.5. The summed E-state index contributed by atoms with van der Waals surface area (Å²) in [5, 5.41) is 41.6. The number of aliphatic carboxylic acids is 1. The maximum atomic E-state index is 13.8. The number of aromatic amines is 1. The summed E-state index contributed by atoms with van der Waals surface area (Å²) < 4.78 is 0. The number of amides is 3. The number of carbonyl (C=O) groups excluding carboxylic acids is 3. The molecule has 4 unspecified atom stereocenters. The first kappa shape index (κ1) is 32.0. The largest absolute Gasteiger partial charge is 0.508 e. The van der Waals surface area contributed by atoms with E-state index in [1.54, 1.807) is 30.5 Å². The van der Waals surface area contributed by atoms with E-state index in [2.05, 4.69) is 26.3 Å². The van der Waals surface area contributed by atoms with Crippen molar-refractivity contribution in [1.82, 2.24) is 26.3 Å². The maximum Gasteiger partial charge on any atom is 0.326 e. The molecule has 1 aromatic heterocycles. The fraction of sp³-hybridized carbons (Fsp3) is 0.294. The SMILES string of the molecule is O=C(O)C(Cc1c[nH]c2ccccc12)NC(=O)C(Cc1ccc(O)cc1)NC(=O)C(Cc1ccc(O)cc1)NC(=O)C1CCCN1. The molecule has 1 aliphatic heterocycles. The Morgan fingerprint density at radius 2 is 1.30 bits per heavy atom. The Labute approximate surface area is 265 Å². The number of fused-ring (bicyclic) bond motifs is 1. The number of carbonyl (C=O) groups is 4. The summed E-state index contributed by atoms with van der Waals surface area (Å²) in [5.74, 6) is -2.87. The van der Waals surface area contributed by atoms with Gasteiger partial charge >= 0.3 is 5.97 Å². The summed E-state index contributed by atoms with van der Waals surface area (Å²) in [7, 11) is 0. The average Bonchev–Trinajstić information content (AvgIpc) is 3.73. The van der Waals surface area contributed by atoms with Crippen molar-refractivity contribution in [3.8, 4) is 11.5 Å². The summed E-state index contributed by atoms with van der Waals surface area (Å²) in [4.78, 5) is 56.0. The van der Waals surface area contributed by atoms with Crippen molar-refractivity contribution in [2.45, 2.75) is 56.3 Å². The van der Waals surface area contributed by atoms with Gasteiger partial charge < -0.3 is 41.6 Å². The minimum Gasteiger partial charge on any atom is -0.508 e. The lowest BCUT2D eigenvalue weighted by molar-refractivity contribution is -0.142. The van der Waals surface area contributed by atoms with Gasteiger partial charge in [-0.25, -0.2) is 4.79 Å². The molecule has 1 saturated heterocycles. The molecule has 46 heavy (non-hydrogen) atoms. The summed E-state index contributed by atoms with van der Waals surface area (Å²) in [6.45, 7) is 0.686. The van der Waals surface area contributed by atoms with Crippen LogP contribution in [0.15, 0.2) is 79.0 Å². The maximum absolute atomic E-state index is 13.8. The highest BCUT2D eigenvalue weighted by Crippen LogP contribution is 2.20. The molecule has 0 radical (unpaired) electrons. The molecular formula is C34H37N5O7. The molecular weight excluding hydrogens is 590 g/mol. The number of rotatable bonds is 13. The van der Waals surface area contributed by atoms with E-state index < -0.39 is 42.0 Å². The highest BCUT2D eigenvalue weighted by atomic mass is 16.4. The number of benzene rings is 3. The number of carboxylic acids is 1. The molecule has 5 rings (SSSR count). The van der Waals surface area contributed by atoms with Gasteiger partial charge in [-0.1, -0.05) is 42.5 Å². The van der Waals surface area contributed by atoms with Gasteiger partial charge in [-0.3, -0.25) is 14.4 Å². The molecule has 3 amide bonds. The number of phenols is 2. The van der Waals surface area contributed by atoms with Crippen LogP contribution < -0.4 is 21.3 Å². The lowest BCUT2D eigenvalue weighted by Gasteiger charge is -2.25. The Kier molecular flexibility index (Phi) is 10.2. The van der Waals surface area contributed by atoms with Crippen LogP contribution in [0.25, 0.3) is 10.9 Å². The number of carboxylic acid groups (broad SMARTS) is 1. The van der Waals surface area contributed by atoms with Crippen LogP contribution >= 0.6 is 0 Å². The number of H-pyrrole nitrogens is 1. The Morgan fingerprint density at radius 3 is 1.87 bits per heavy atom. The zero-order valence-electron chi connectivity index (χ0n) is 25.0. The van der Waals surface area contributed by atoms with Crippen LogP contribution in [0.4, 0.5) is 0 Å². The molecule has 4 aromatic rings. The molecule has 1 fully saturated rings. The molecule has 0 aliphatic carbocycles. The Bertz CT molecular complexity index is 1680. The summed E-state index contributed by atoms with van der Waals surface area (Å²) in [5.41, 5.74) is 2.82. The normalized spacial score (nSPS) is 16.3. The predicted molar refractivity (Wildman–Crippen MR) is 170 cm³/mol. The van der Waals surface area contributed by atoms with Gasteiger partial charge in [-0.05, 0) is 66.4 Å². The minimum atomic E-state index is -1.30. The van der Waals surface area contributed by atoms with Crippen molar-refractivity contribution in [2.75, 3.05) is 6.54 Å². The van der Waals surface area contributed by atoms with E-state index in [9.17, 15) is 34.5 Å². The third kappa shape index (κ3) is 8.21. The molecule has 2 heterocycles. The first-order chi connectivity index (χ1) is 22.2. The number of nitrogens with one attached hydrogen (secondary N) is 5. The fourth-order valence-corrected chi connectivity index (χ4v) is 5.60. The van der Waals surface area contributed by atoms with E-state index in [4.69, 9.17) is 0 Å². The van der Waals surface area contributed by atoms with Crippen molar-refractivity contribution >= 4 is 34.6 Å². The minimum absolute atomic E-state index is 0.00111. The highest BCUT2D eigenvalue weighted by Gasteiger charge is 2.32. The van der Waals surface area contributed by atoms with E-state index in [1.807, 2.05) is 24.3 Å². The van der Waals surface area contributed by atoms with Crippen LogP contribution in [0.1, 0.15) is 29.5 Å². The summed E-state index contributed by atoms with van der Waals surface area (Å²) >= 11 is 0. The average molecular weight is 628 g/mol. The van der Waals surface area contributed by atoms with Crippen LogP contribution in [0, 0.1) is 0 Å². The van der Waals surface area contributed by atoms with Crippen molar-refractivity contribution in [3.05, 3.63) is 95.7 Å². The molecule has 1 aliphatic rings. The van der Waals surface area contributed by atoms with Gasteiger partial charge in [0.2, 0.25) is 17.7 Å². The van der Waals surface area contributed by atoms with Crippen molar-refractivity contribution in [2.24, 2.45) is 0 Å². The molecule has 0 spiro atoms. The van der Waals surface area contributed by atoms with Gasteiger partial charge in [0.1, 0.15) is 29.6 Å². The second-order valence-electron chi connectivity index (χ2n) is 11.5. The van der Waals surface area contributed by atoms with Gasteiger partial charge in [-0.15, -0.1) is 0 Å². The monoisotopic (exact) mass is 627 g/mol. The zero-order valence-corrected chi connectivity index (χ0v) is 25.0. The summed E-state index contributed by atoms with van der Waals surface area (Å²) in [6, 6.07) is 15.7. The highest BCUT2D eigenvalue weighted by molar-refractivity contribution is 5.94. The van der Waals surface area contributed by atoms with E-state index in [0.717, 1.165) is 17.3 Å². The van der Waals surface area contributed by atoms with Crippen molar-refractivity contribution in [3.63, 3.8) is 0 Å². The van der Waals surface area contributed by atoms with Crippen molar-refractivity contribution in [1.29, 1.82) is 0 Å².